The lowest BCUT2D eigenvalue weighted by atomic mass is 9.98. The predicted molar refractivity (Wildman–Crippen MR) is 113 cm³/mol. The van der Waals surface area contributed by atoms with Gasteiger partial charge >= 0.3 is 0 Å². The molecule has 5 rings (SSSR count). The maximum atomic E-state index is 13.1. The van der Waals surface area contributed by atoms with Crippen LogP contribution in [0, 0.1) is 0 Å². The first kappa shape index (κ1) is 20.5. The van der Waals surface area contributed by atoms with Gasteiger partial charge in [0.05, 0.1) is 29.7 Å². The summed E-state index contributed by atoms with van der Waals surface area (Å²) in [5, 5.41) is 14.0. The maximum Gasteiger partial charge on any atom is 0.283 e. The molecule has 2 aliphatic rings. The monoisotopic (exact) mass is 455 g/mol. The van der Waals surface area contributed by atoms with Gasteiger partial charge in [-0.25, -0.2) is 0 Å². The minimum Gasteiger partial charge on any atom is -0.486 e. The Hall–Kier alpha value is -3.37. The lowest BCUT2D eigenvalue weighted by Gasteiger charge is -2.22. The van der Waals surface area contributed by atoms with Crippen LogP contribution >= 0.6 is 0 Å². The van der Waals surface area contributed by atoms with Crippen molar-refractivity contribution in [3.63, 3.8) is 0 Å². The van der Waals surface area contributed by atoms with Gasteiger partial charge in [-0.1, -0.05) is 30.3 Å². The number of nitrogens with zero attached hydrogens (tertiary/aromatic N) is 3. The average molecular weight is 455 g/mol. The number of aliphatic hydroxyl groups excluding tert-OH is 1. The van der Waals surface area contributed by atoms with Crippen molar-refractivity contribution in [1.82, 2.24) is 14.1 Å². The van der Waals surface area contributed by atoms with E-state index in [1.807, 2.05) is 18.2 Å². The van der Waals surface area contributed by atoms with Crippen LogP contribution in [0.3, 0.4) is 0 Å². The van der Waals surface area contributed by atoms with Gasteiger partial charge in [-0.05, 0) is 17.7 Å². The number of fused-ring (bicyclic) bond motifs is 2. The number of hydrogen-bond donors (Lipinski definition) is 1. The Morgan fingerprint density at radius 2 is 1.81 bits per heavy atom. The third-order valence-electron chi connectivity index (χ3n) is 5.61. The second-order valence-corrected chi connectivity index (χ2v) is 9.42. The molecule has 0 saturated heterocycles. The molecule has 9 nitrogen and oxygen atoms in total. The topological polar surface area (TPSA) is 111 Å². The lowest BCUT2D eigenvalue weighted by Crippen LogP contribution is -2.33. The smallest absolute Gasteiger partial charge is 0.283 e. The molecule has 0 unspecified atom stereocenters. The standard InChI is InChI=1S/C22H21N3O6S/c26-14-18(15-4-2-1-3-5-15)22(27)24-11-16-12-25(23-19(16)13-24)32(28,29)17-6-7-20-21(10-17)31-9-8-30-20/h1-7,10,12,18,26H,8-9,11,13-14H2/t18-/m0/s1. The van der Waals surface area contributed by atoms with Gasteiger partial charge in [0.1, 0.15) is 13.2 Å². The first-order chi connectivity index (χ1) is 15.5. The van der Waals surface area contributed by atoms with Crippen LogP contribution in [-0.2, 0) is 27.9 Å². The Morgan fingerprint density at radius 3 is 2.53 bits per heavy atom. The summed E-state index contributed by atoms with van der Waals surface area (Å²) in [6.45, 7) is 0.876. The lowest BCUT2D eigenvalue weighted by molar-refractivity contribution is -0.134. The van der Waals surface area contributed by atoms with Crippen LogP contribution in [0.1, 0.15) is 22.7 Å². The molecule has 0 saturated carbocycles. The third kappa shape index (κ3) is 3.51. The Bertz CT molecular complexity index is 1250. The number of aliphatic hydroxyl groups is 1. The number of benzene rings is 2. The summed E-state index contributed by atoms with van der Waals surface area (Å²) in [5.74, 6) is -0.0133. The molecule has 0 bridgehead atoms. The zero-order valence-corrected chi connectivity index (χ0v) is 17.9. The van der Waals surface area contributed by atoms with E-state index < -0.39 is 15.9 Å². The fourth-order valence-corrected chi connectivity index (χ4v) is 5.11. The van der Waals surface area contributed by atoms with Gasteiger partial charge in [0.25, 0.3) is 10.0 Å². The Balaban J connectivity index is 1.36. The second-order valence-electron chi connectivity index (χ2n) is 7.62. The molecule has 2 aromatic carbocycles. The van der Waals surface area contributed by atoms with Crippen LogP contribution < -0.4 is 9.47 Å². The van der Waals surface area contributed by atoms with E-state index in [1.165, 1.54) is 18.3 Å². The number of rotatable bonds is 5. The molecule has 1 N–H and O–H groups in total. The molecule has 0 fully saturated rings. The minimum absolute atomic E-state index is 0.0419. The third-order valence-corrected chi connectivity index (χ3v) is 7.14. The van der Waals surface area contributed by atoms with Crippen LogP contribution in [0.25, 0.3) is 0 Å². The molecular formula is C22H21N3O6S. The molecule has 3 heterocycles. The van der Waals surface area contributed by atoms with E-state index >= 15 is 0 Å². The van der Waals surface area contributed by atoms with E-state index in [2.05, 4.69) is 5.10 Å². The quantitative estimate of drug-likeness (QED) is 0.621. The van der Waals surface area contributed by atoms with Crippen molar-refractivity contribution in [2.75, 3.05) is 19.8 Å². The number of carbonyl (C=O) groups is 1. The van der Waals surface area contributed by atoms with Crippen LogP contribution in [0.15, 0.2) is 59.6 Å². The highest BCUT2D eigenvalue weighted by molar-refractivity contribution is 7.89. The van der Waals surface area contributed by atoms with E-state index in [0.29, 0.717) is 36.0 Å². The van der Waals surface area contributed by atoms with Crippen LogP contribution in [-0.4, -0.2) is 53.3 Å². The molecule has 166 valence electrons. The Labute approximate surface area is 184 Å². The van der Waals surface area contributed by atoms with Gasteiger partial charge in [-0.3, -0.25) is 4.79 Å². The molecule has 2 aliphatic heterocycles. The summed E-state index contributed by atoms with van der Waals surface area (Å²) in [6, 6.07) is 13.5. The van der Waals surface area contributed by atoms with E-state index in [9.17, 15) is 18.3 Å². The summed E-state index contributed by atoms with van der Waals surface area (Å²) < 4.78 is 38.0. The summed E-state index contributed by atoms with van der Waals surface area (Å²) in [4.78, 5) is 14.6. The van der Waals surface area contributed by atoms with Gasteiger partial charge < -0.3 is 19.5 Å². The highest BCUT2D eigenvalue weighted by atomic mass is 32.2. The van der Waals surface area contributed by atoms with Crippen molar-refractivity contribution in [3.05, 3.63) is 71.5 Å². The molecule has 1 aromatic heterocycles. The number of amides is 1. The van der Waals surface area contributed by atoms with Crippen LogP contribution in [0.4, 0.5) is 0 Å². The molecule has 1 amide bonds. The molecule has 0 spiro atoms. The number of aromatic nitrogens is 2. The first-order valence-corrected chi connectivity index (χ1v) is 11.6. The predicted octanol–water partition coefficient (Wildman–Crippen LogP) is 1.51. The summed E-state index contributed by atoms with van der Waals surface area (Å²) >= 11 is 0. The highest BCUT2D eigenvalue weighted by Crippen LogP contribution is 2.33. The fourth-order valence-electron chi connectivity index (χ4n) is 3.93. The molecule has 32 heavy (non-hydrogen) atoms. The number of hydrogen-bond acceptors (Lipinski definition) is 7. The first-order valence-electron chi connectivity index (χ1n) is 10.1. The van der Waals surface area contributed by atoms with Gasteiger partial charge in [-0.15, -0.1) is 0 Å². The van der Waals surface area contributed by atoms with E-state index in [4.69, 9.17) is 9.47 Å². The highest BCUT2D eigenvalue weighted by Gasteiger charge is 2.33. The SMILES string of the molecule is O=C([C@@H](CO)c1ccccc1)N1Cc2cn(S(=O)(=O)c3ccc4c(c3)OCCO4)nc2C1. The Kier molecular flexibility index (Phi) is 5.10. The summed E-state index contributed by atoms with van der Waals surface area (Å²) in [7, 11) is -3.93. The second kappa shape index (κ2) is 7.95. The zero-order valence-electron chi connectivity index (χ0n) is 17.0. The fraction of sp³-hybridized carbons (Fsp3) is 0.273. The van der Waals surface area contributed by atoms with E-state index in [-0.39, 0.29) is 30.5 Å². The number of carbonyl (C=O) groups excluding carboxylic acids is 1. The van der Waals surface area contributed by atoms with E-state index in [0.717, 1.165) is 9.65 Å². The zero-order chi connectivity index (χ0) is 22.3. The van der Waals surface area contributed by atoms with Crippen LogP contribution in [0.2, 0.25) is 0 Å². The van der Waals surface area contributed by atoms with Crippen LogP contribution in [0.5, 0.6) is 11.5 Å². The molecule has 0 aliphatic carbocycles. The normalized spacial score (nSPS) is 16.0. The van der Waals surface area contributed by atoms with Gasteiger partial charge in [0.2, 0.25) is 5.91 Å². The van der Waals surface area contributed by atoms with Crippen molar-refractivity contribution < 1.29 is 27.8 Å². The van der Waals surface area contributed by atoms with Crippen molar-refractivity contribution in [2.24, 2.45) is 0 Å². The molecule has 10 heteroatoms. The van der Waals surface area contributed by atoms with Crippen molar-refractivity contribution in [2.45, 2.75) is 23.9 Å². The van der Waals surface area contributed by atoms with Crippen molar-refractivity contribution in [3.8, 4) is 11.5 Å². The van der Waals surface area contributed by atoms with E-state index in [1.54, 1.807) is 23.1 Å². The molecular weight excluding hydrogens is 434 g/mol. The van der Waals surface area contributed by atoms with Gasteiger partial charge in [-0.2, -0.15) is 17.6 Å². The molecule has 3 aromatic rings. The summed E-state index contributed by atoms with van der Waals surface area (Å²) in [6.07, 6.45) is 1.44. The number of ether oxygens (including phenoxy) is 2. The van der Waals surface area contributed by atoms with Gasteiger partial charge in [0.15, 0.2) is 11.5 Å². The maximum absolute atomic E-state index is 13.1. The molecule has 1 atom stereocenters. The average Bonchev–Trinajstić information content (AvgIpc) is 3.40. The summed E-state index contributed by atoms with van der Waals surface area (Å²) in [5.41, 5.74) is 1.91. The molecule has 0 radical (unpaired) electrons. The Morgan fingerprint density at radius 1 is 1.06 bits per heavy atom. The minimum atomic E-state index is -3.93. The van der Waals surface area contributed by atoms with Gasteiger partial charge in [0, 0.05) is 24.4 Å². The van der Waals surface area contributed by atoms with Crippen molar-refractivity contribution >= 4 is 15.9 Å². The largest absolute Gasteiger partial charge is 0.486 e. The van der Waals surface area contributed by atoms with Crippen molar-refractivity contribution in [1.29, 1.82) is 0 Å².